The molecule has 1 N–H and O–H groups in total. The van der Waals surface area contributed by atoms with Crippen molar-refractivity contribution in [2.24, 2.45) is 0 Å². The van der Waals surface area contributed by atoms with Gasteiger partial charge in [0, 0.05) is 12.8 Å². The zero-order valence-electron chi connectivity index (χ0n) is 43.4. The molecule has 0 aromatic rings. The van der Waals surface area contributed by atoms with E-state index in [1.807, 2.05) is 33.3 Å². The van der Waals surface area contributed by atoms with Crippen molar-refractivity contribution in [3.05, 3.63) is 36.5 Å². The summed E-state index contributed by atoms with van der Waals surface area (Å²) in [5.74, 6) is -0.546. The molecule has 0 fully saturated rings. The van der Waals surface area contributed by atoms with Crippen molar-refractivity contribution in [3.8, 4) is 0 Å². The number of hydrogen-bond donors (Lipinski definition) is 1. The Labute approximate surface area is 402 Å². The number of likely N-dealkylation sites (N-methyl/N-ethyl adjacent to an activating group) is 1. The van der Waals surface area contributed by atoms with Crippen molar-refractivity contribution in [1.82, 2.24) is 5.32 Å². The largest absolute Gasteiger partial charge is 0.756 e. The molecule has 0 spiro atoms. The maximum atomic E-state index is 13.4. The van der Waals surface area contributed by atoms with E-state index in [1.54, 1.807) is 0 Å². The minimum absolute atomic E-state index is 0.0223. The highest BCUT2D eigenvalue weighted by Crippen LogP contribution is 2.38. The van der Waals surface area contributed by atoms with Crippen LogP contribution in [0.5, 0.6) is 0 Å². The highest BCUT2D eigenvalue weighted by Gasteiger charge is 2.27. The molecule has 0 aromatic carbocycles. The van der Waals surface area contributed by atoms with E-state index in [0.717, 1.165) is 77.0 Å². The lowest BCUT2D eigenvalue weighted by Crippen LogP contribution is -2.47. The summed E-state index contributed by atoms with van der Waals surface area (Å²) in [5, 5.41) is 3.01. The molecule has 3 unspecified atom stereocenters. The molecule has 0 rings (SSSR count). The van der Waals surface area contributed by atoms with Crippen molar-refractivity contribution in [2.45, 2.75) is 264 Å². The van der Waals surface area contributed by atoms with Crippen LogP contribution in [0.4, 0.5) is 0 Å². The van der Waals surface area contributed by atoms with Gasteiger partial charge in [-0.1, -0.05) is 212 Å². The molecule has 65 heavy (non-hydrogen) atoms. The number of carbonyl (C=O) groups excluding carboxylic acids is 2. The first-order chi connectivity index (χ1) is 31.4. The lowest BCUT2D eigenvalue weighted by atomic mass is 10.0. The minimum atomic E-state index is -4.69. The maximum Gasteiger partial charge on any atom is 0.306 e. The molecule has 0 radical (unpaired) electrons. The molecule has 382 valence electrons. The number of nitrogens with one attached hydrogen (secondary N) is 1. The van der Waals surface area contributed by atoms with Crippen molar-refractivity contribution in [2.75, 3.05) is 40.9 Å². The average Bonchev–Trinajstić information content (AvgIpc) is 3.26. The Bertz CT molecular complexity index is 1220. The molecule has 0 saturated heterocycles. The first-order valence-electron chi connectivity index (χ1n) is 27.3. The van der Waals surface area contributed by atoms with Crippen LogP contribution in [0.15, 0.2) is 36.5 Å². The second-order valence-corrected chi connectivity index (χ2v) is 21.1. The first kappa shape index (κ1) is 63.2. The van der Waals surface area contributed by atoms with Crippen LogP contribution in [0.25, 0.3) is 0 Å². The van der Waals surface area contributed by atoms with Crippen LogP contribution in [-0.4, -0.2) is 69.4 Å². The molecular formula is C55H105N2O7P. The van der Waals surface area contributed by atoms with Gasteiger partial charge in [-0.15, -0.1) is 0 Å². The number of rotatable bonds is 49. The Kier molecular flexibility index (Phi) is 44.7. The number of unbranched alkanes of at least 4 members (excludes halogenated alkanes) is 29. The number of nitrogens with zero attached hydrogens (tertiary/aromatic N) is 1. The molecule has 0 aliphatic carbocycles. The summed E-state index contributed by atoms with van der Waals surface area (Å²) in [6.45, 7) is 6.80. The van der Waals surface area contributed by atoms with Gasteiger partial charge in [-0.05, 0) is 63.9 Å². The van der Waals surface area contributed by atoms with E-state index in [4.69, 9.17) is 13.8 Å². The number of esters is 1. The Morgan fingerprint density at radius 1 is 0.538 bits per heavy atom. The third kappa shape index (κ3) is 47.1. The topological polar surface area (TPSA) is 114 Å². The van der Waals surface area contributed by atoms with E-state index in [2.05, 4.69) is 50.4 Å². The normalized spacial score (nSPS) is 14.1. The second-order valence-electron chi connectivity index (χ2n) is 19.7. The molecule has 0 bridgehead atoms. The second kappa shape index (κ2) is 46.0. The van der Waals surface area contributed by atoms with Crippen molar-refractivity contribution in [3.63, 3.8) is 0 Å². The molecule has 0 aliphatic rings. The van der Waals surface area contributed by atoms with E-state index in [1.165, 1.54) is 141 Å². The fourth-order valence-electron chi connectivity index (χ4n) is 7.79. The SMILES string of the molecule is CCCCC/C=C\C/C=C\CCCCCCCCCC(=O)NC(COP(=O)([O-])OCC[N+](C)(C)C)C(/C=C\CCCCCCCCCCC)OC(=O)CCCCCCCCCCCCC. The van der Waals surface area contributed by atoms with E-state index < -0.39 is 20.0 Å². The number of carbonyl (C=O) groups is 2. The van der Waals surface area contributed by atoms with Crippen LogP contribution in [0, 0.1) is 0 Å². The van der Waals surface area contributed by atoms with Gasteiger partial charge < -0.3 is 28.5 Å². The molecule has 1 amide bonds. The summed E-state index contributed by atoms with van der Waals surface area (Å²) in [5.41, 5.74) is 0. The summed E-state index contributed by atoms with van der Waals surface area (Å²) in [4.78, 5) is 39.7. The van der Waals surface area contributed by atoms with Crippen LogP contribution in [0.1, 0.15) is 252 Å². The third-order valence-corrected chi connectivity index (χ3v) is 13.0. The lowest BCUT2D eigenvalue weighted by Gasteiger charge is -2.30. The van der Waals surface area contributed by atoms with Crippen LogP contribution in [-0.2, 0) is 27.9 Å². The van der Waals surface area contributed by atoms with Crippen molar-refractivity contribution in [1.29, 1.82) is 0 Å². The van der Waals surface area contributed by atoms with Gasteiger partial charge in [-0.3, -0.25) is 14.2 Å². The Balaban J connectivity index is 5.34. The number of phosphoric ester groups is 1. The molecule has 0 aliphatic heterocycles. The summed E-state index contributed by atoms with van der Waals surface area (Å²) < 4.78 is 30.1. The average molecular weight is 937 g/mol. The quantitative estimate of drug-likeness (QED) is 0.0212. The molecule has 9 nitrogen and oxygen atoms in total. The summed E-state index contributed by atoms with van der Waals surface area (Å²) >= 11 is 0. The van der Waals surface area contributed by atoms with Crippen LogP contribution < -0.4 is 10.2 Å². The first-order valence-corrected chi connectivity index (χ1v) is 28.8. The highest BCUT2D eigenvalue weighted by atomic mass is 31.2. The van der Waals surface area contributed by atoms with E-state index in [9.17, 15) is 19.0 Å². The van der Waals surface area contributed by atoms with Gasteiger partial charge in [0.2, 0.25) is 5.91 Å². The van der Waals surface area contributed by atoms with Crippen LogP contribution >= 0.6 is 7.82 Å². The Hall–Kier alpha value is -1.77. The summed E-state index contributed by atoms with van der Waals surface area (Å²) in [6.07, 6.45) is 52.4. The van der Waals surface area contributed by atoms with E-state index in [-0.39, 0.29) is 31.5 Å². The summed E-state index contributed by atoms with van der Waals surface area (Å²) in [7, 11) is 1.18. The highest BCUT2D eigenvalue weighted by molar-refractivity contribution is 7.45. The molecule has 10 heteroatoms. The van der Waals surface area contributed by atoms with Crippen LogP contribution in [0.3, 0.4) is 0 Å². The Morgan fingerprint density at radius 3 is 1.42 bits per heavy atom. The molecule has 3 atom stereocenters. The van der Waals surface area contributed by atoms with Gasteiger partial charge in [0.05, 0.1) is 33.8 Å². The maximum absolute atomic E-state index is 13.4. The van der Waals surface area contributed by atoms with Gasteiger partial charge in [-0.2, -0.15) is 0 Å². The number of amides is 1. The summed E-state index contributed by atoms with van der Waals surface area (Å²) in [6, 6.07) is -0.886. The number of quaternary nitrogens is 1. The van der Waals surface area contributed by atoms with Gasteiger partial charge in [-0.25, -0.2) is 0 Å². The number of allylic oxidation sites excluding steroid dienone is 5. The molecular weight excluding hydrogens is 832 g/mol. The third-order valence-electron chi connectivity index (χ3n) is 12.1. The predicted octanol–water partition coefficient (Wildman–Crippen LogP) is 15.4. The van der Waals surface area contributed by atoms with Gasteiger partial charge >= 0.3 is 5.97 Å². The van der Waals surface area contributed by atoms with E-state index in [0.29, 0.717) is 17.4 Å². The van der Waals surface area contributed by atoms with Gasteiger partial charge in [0.15, 0.2) is 0 Å². The van der Waals surface area contributed by atoms with Gasteiger partial charge in [0.1, 0.15) is 19.3 Å². The molecule has 0 heterocycles. The number of phosphoric acid groups is 1. The fourth-order valence-corrected chi connectivity index (χ4v) is 8.51. The van der Waals surface area contributed by atoms with Crippen molar-refractivity contribution >= 4 is 19.7 Å². The fraction of sp³-hybridized carbons (Fsp3) is 0.855. The van der Waals surface area contributed by atoms with Crippen molar-refractivity contribution < 1.29 is 37.3 Å². The Morgan fingerprint density at radius 2 is 0.938 bits per heavy atom. The molecule has 0 aromatic heterocycles. The van der Waals surface area contributed by atoms with Gasteiger partial charge in [0.25, 0.3) is 7.82 Å². The van der Waals surface area contributed by atoms with Crippen LogP contribution in [0.2, 0.25) is 0 Å². The minimum Gasteiger partial charge on any atom is -0.756 e. The standard InChI is InChI=1S/C55H105N2O7P/c1-7-10-13-16-19-22-25-26-27-28-29-30-33-35-38-41-44-47-54(58)56-52(51-63-65(60,61)62-50-49-57(4,5)6)53(46-43-40-37-34-31-23-20-17-14-11-8-2)64-55(59)48-45-42-39-36-32-24-21-18-15-12-9-3/h19,22,26-27,43,46,52-53H,7-18,20-21,23-25,28-42,44-45,47-51H2,1-6H3,(H-,56,58,60,61)/b22-19-,27-26-,46-43-. The predicted molar refractivity (Wildman–Crippen MR) is 275 cm³/mol. The zero-order chi connectivity index (χ0) is 48.0. The smallest absolute Gasteiger partial charge is 0.306 e. The number of hydrogen-bond acceptors (Lipinski definition) is 7. The number of ether oxygens (including phenoxy) is 1. The lowest BCUT2D eigenvalue weighted by molar-refractivity contribution is -0.870. The molecule has 0 saturated carbocycles. The zero-order valence-corrected chi connectivity index (χ0v) is 44.3. The monoisotopic (exact) mass is 937 g/mol. The van der Waals surface area contributed by atoms with E-state index >= 15 is 0 Å².